The van der Waals surface area contributed by atoms with Crippen LogP contribution >= 0.6 is 11.6 Å². The summed E-state index contributed by atoms with van der Waals surface area (Å²) < 4.78 is 13.3. The Morgan fingerprint density at radius 1 is 1.53 bits per heavy atom. The first-order chi connectivity index (χ1) is 8.11. The molecule has 0 aliphatic heterocycles. The standard InChI is InChI=1S/C13H15ClFNO/c1-16-13(17)7-9-2-4-10(9)8-3-5-11(14)12(15)6-8/h3,5-6,9-10H,2,4,7H2,1H3,(H,16,17). The van der Waals surface area contributed by atoms with Gasteiger partial charge in [0.2, 0.25) is 5.91 Å². The molecule has 2 nitrogen and oxygen atoms in total. The van der Waals surface area contributed by atoms with E-state index in [9.17, 15) is 9.18 Å². The highest BCUT2D eigenvalue weighted by molar-refractivity contribution is 6.30. The molecule has 2 unspecified atom stereocenters. The Balaban J connectivity index is 2.07. The van der Waals surface area contributed by atoms with Crippen molar-refractivity contribution in [3.63, 3.8) is 0 Å². The van der Waals surface area contributed by atoms with E-state index in [1.165, 1.54) is 6.07 Å². The fourth-order valence-corrected chi connectivity index (χ4v) is 2.45. The monoisotopic (exact) mass is 255 g/mol. The Hall–Kier alpha value is -1.09. The van der Waals surface area contributed by atoms with E-state index in [1.807, 2.05) is 6.07 Å². The third-order valence-electron chi connectivity index (χ3n) is 3.52. The van der Waals surface area contributed by atoms with Crippen LogP contribution in [0, 0.1) is 11.7 Å². The van der Waals surface area contributed by atoms with E-state index in [0.717, 1.165) is 18.4 Å². The van der Waals surface area contributed by atoms with Crippen LogP contribution in [0.3, 0.4) is 0 Å². The second-order valence-corrected chi connectivity index (χ2v) is 4.90. The van der Waals surface area contributed by atoms with Crippen LogP contribution in [0.2, 0.25) is 5.02 Å². The molecule has 1 amide bonds. The SMILES string of the molecule is CNC(=O)CC1CCC1c1ccc(Cl)c(F)c1. The van der Waals surface area contributed by atoms with Crippen molar-refractivity contribution in [2.45, 2.75) is 25.2 Å². The molecule has 1 aliphatic carbocycles. The van der Waals surface area contributed by atoms with Crippen LogP contribution in [0.1, 0.15) is 30.7 Å². The first kappa shape index (κ1) is 12.4. The first-order valence-electron chi connectivity index (χ1n) is 5.77. The largest absolute Gasteiger partial charge is 0.359 e. The molecule has 0 radical (unpaired) electrons. The molecule has 2 atom stereocenters. The highest BCUT2D eigenvalue weighted by Crippen LogP contribution is 2.44. The van der Waals surface area contributed by atoms with Gasteiger partial charge >= 0.3 is 0 Å². The molecule has 0 saturated heterocycles. The lowest BCUT2D eigenvalue weighted by Crippen LogP contribution is -2.30. The third kappa shape index (κ3) is 2.60. The van der Waals surface area contributed by atoms with E-state index < -0.39 is 0 Å². The van der Waals surface area contributed by atoms with Crippen molar-refractivity contribution in [1.82, 2.24) is 5.32 Å². The van der Waals surface area contributed by atoms with Crippen molar-refractivity contribution in [3.05, 3.63) is 34.6 Å². The van der Waals surface area contributed by atoms with Crippen LogP contribution in [-0.4, -0.2) is 13.0 Å². The number of carbonyl (C=O) groups is 1. The summed E-state index contributed by atoms with van der Waals surface area (Å²) in [6.45, 7) is 0. The molecule has 0 heterocycles. The Morgan fingerprint density at radius 3 is 2.82 bits per heavy atom. The molecule has 1 fully saturated rings. The minimum absolute atomic E-state index is 0.0501. The molecular weight excluding hydrogens is 241 g/mol. The fraction of sp³-hybridized carbons (Fsp3) is 0.462. The maximum atomic E-state index is 13.3. The molecule has 1 aromatic rings. The van der Waals surface area contributed by atoms with Crippen molar-refractivity contribution in [2.24, 2.45) is 5.92 Å². The Bertz CT molecular complexity index is 435. The van der Waals surface area contributed by atoms with E-state index in [1.54, 1.807) is 13.1 Å². The van der Waals surface area contributed by atoms with Crippen molar-refractivity contribution < 1.29 is 9.18 Å². The predicted octanol–water partition coefficient (Wildman–Crippen LogP) is 3.11. The number of halogens is 2. The smallest absolute Gasteiger partial charge is 0.220 e. The molecule has 17 heavy (non-hydrogen) atoms. The summed E-state index contributed by atoms with van der Waals surface area (Å²) in [5.41, 5.74) is 0.951. The van der Waals surface area contributed by atoms with Gasteiger partial charge in [-0.1, -0.05) is 17.7 Å². The van der Waals surface area contributed by atoms with Gasteiger partial charge in [0.1, 0.15) is 5.82 Å². The zero-order chi connectivity index (χ0) is 12.4. The Morgan fingerprint density at radius 2 is 2.29 bits per heavy atom. The first-order valence-corrected chi connectivity index (χ1v) is 6.15. The van der Waals surface area contributed by atoms with Gasteiger partial charge in [-0.2, -0.15) is 0 Å². The minimum atomic E-state index is -0.380. The average Bonchev–Trinajstić information content (AvgIpc) is 2.29. The van der Waals surface area contributed by atoms with Crippen molar-refractivity contribution in [2.75, 3.05) is 7.05 Å². The second kappa shape index (κ2) is 5.05. The number of hydrogen-bond acceptors (Lipinski definition) is 1. The number of nitrogens with one attached hydrogen (secondary N) is 1. The summed E-state index contributed by atoms with van der Waals surface area (Å²) in [6, 6.07) is 4.93. The van der Waals surface area contributed by atoms with E-state index in [4.69, 9.17) is 11.6 Å². The molecule has 0 bridgehead atoms. The molecule has 0 aromatic heterocycles. The zero-order valence-corrected chi connectivity index (χ0v) is 10.4. The van der Waals surface area contributed by atoms with Crippen molar-refractivity contribution in [3.8, 4) is 0 Å². The maximum Gasteiger partial charge on any atom is 0.220 e. The van der Waals surface area contributed by atoms with Gasteiger partial charge in [-0.25, -0.2) is 4.39 Å². The average molecular weight is 256 g/mol. The zero-order valence-electron chi connectivity index (χ0n) is 9.67. The lowest BCUT2D eigenvalue weighted by molar-refractivity contribution is -0.122. The highest BCUT2D eigenvalue weighted by Gasteiger charge is 2.33. The summed E-state index contributed by atoms with van der Waals surface area (Å²) in [5.74, 6) is 0.290. The van der Waals surface area contributed by atoms with E-state index in [2.05, 4.69) is 5.32 Å². The van der Waals surface area contributed by atoms with Gasteiger partial charge in [-0.3, -0.25) is 4.79 Å². The van der Waals surface area contributed by atoms with Crippen molar-refractivity contribution >= 4 is 17.5 Å². The molecule has 4 heteroatoms. The summed E-state index contributed by atoms with van der Waals surface area (Å²) in [5, 5.41) is 2.77. The number of hydrogen-bond donors (Lipinski definition) is 1. The number of amides is 1. The van der Waals surface area contributed by atoms with E-state index >= 15 is 0 Å². The van der Waals surface area contributed by atoms with Crippen molar-refractivity contribution in [1.29, 1.82) is 0 Å². The highest BCUT2D eigenvalue weighted by atomic mass is 35.5. The van der Waals surface area contributed by atoms with Gasteiger partial charge in [0, 0.05) is 13.5 Å². The summed E-state index contributed by atoms with van der Waals surface area (Å²) >= 11 is 5.65. The van der Waals surface area contributed by atoms with E-state index in [0.29, 0.717) is 18.3 Å². The minimum Gasteiger partial charge on any atom is -0.359 e. The molecule has 1 aromatic carbocycles. The number of carbonyl (C=O) groups excluding carboxylic acids is 1. The van der Waals surface area contributed by atoms with Gasteiger partial charge < -0.3 is 5.32 Å². The van der Waals surface area contributed by atoms with Gasteiger partial charge in [0.05, 0.1) is 5.02 Å². The number of rotatable bonds is 3. The second-order valence-electron chi connectivity index (χ2n) is 4.49. The molecule has 92 valence electrons. The maximum absolute atomic E-state index is 13.3. The summed E-state index contributed by atoms with van der Waals surface area (Å²) in [6.07, 6.45) is 2.57. The van der Waals surface area contributed by atoms with Crippen LogP contribution in [-0.2, 0) is 4.79 Å². The quantitative estimate of drug-likeness (QED) is 0.884. The molecular formula is C13H15ClFNO. The van der Waals surface area contributed by atoms with Gasteiger partial charge in [0.25, 0.3) is 0 Å². The van der Waals surface area contributed by atoms with Crippen LogP contribution in [0.4, 0.5) is 4.39 Å². The topological polar surface area (TPSA) is 29.1 Å². The Labute approximate surface area is 105 Å². The summed E-state index contributed by atoms with van der Waals surface area (Å²) in [4.78, 5) is 11.3. The lowest BCUT2D eigenvalue weighted by atomic mass is 9.68. The van der Waals surface area contributed by atoms with Gasteiger partial charge in [-0.15, -0.1) is 0 Å². The van der Waals surface area contributed by atoms with Gasteiger partial charge in [-0.05, 0) is 42.4 Å². The van der Waals surface area contributed by atoms with Crippen LogP contribution in [0.15, 0.2) is 18.2 Å². The van der Waals surface area contributed by atoms with Crippen LogP contribution in [0.5, 0.6) is 0 Å². The predicted molar refractivity (Wildman–Crippen MR) is 65.6 cm³/mol. The van der Waals surface area contributed by atoms with Crippen LogP contribution in [0.25, 0.3) is 0 Å². The third-order valence-corrected chi connectivity index (χ3v) is 3.82. The fourth-order valence-electron chi connectivity index (χ4n) is 2.34. The van der Waals surface area contributed by atoms with E-state index in [-0.39, 0.29) is 16.7 Å². The number of benzene rings is 1. The lowest BCUT2D eigenvalue weighted by Gasteiger charge is -2.36. The molecule has 0 spiro atoms. The Kier molecular flexibility index (Phi) is 3.67. The molecule has 2 rings (SSSR count). The molecule has 1 saturated carbocycles. The normalized spacial score (nSPS) is 23.0. The van der Waals surface area contributed by atoms with Crippen LogP contribution < -0.4 is 5.32 Å². The molecule has 1 aliphatic rings. The van der Waals surface area contributed by atoms with Gasteiger partial charge in [0.15, 0.2) is 0 Å². The summed E-state index contributed by atoms with van der Waals surface area (Å²) in [7, 11) is 1.64. The molecule has 1 N–H and O–H groups in total.